The summed E-state index contributed by atoms with van der Waals surface area (Å²) in [4.78, 5) is 32.0. The monoisotopic (exact) mass is 445 g/mol. The first kappa shape index (κ1) is 21.3. The van der Waals surface area contributed by atoms with Crippen LogP contribution < -0.4 is 10.2 Å². The van der Waals surface area contributed by atoms with Crippen molar-refractivity contribution in [2.75, 3.05) is 11.9 Å². The summed E-state index contributed by atoms with van der Waals surface area (Å²) in [6.07, 6.45) is 3.00. The fraction of sp³-hybridized carbons (Fsp3) is 0.360. The molecule has 2 aliphatic heterocycles. The average molecular weight is 446 g/mol. The molecule has 8 heteroatoms. The van der Waals surface area contributed by atoms with Gasteiger partial charge in [-0.25, -0.2) is 4.68 Å². The van der Waals surface area contributed by atoms with Gasteiger partial charge in [-0.2, -0.15) is 5.10 Å². The lowest BCUT2D eigenvalue weighted by Crippen LogP contribution is -2.47. The van der Waals surface area contributed by atoms with Crippen molar-refractivity contribution in [2.45, 2.75) is 51.5 Å². The molecule has 8 nitrogen and oxygen atoms in total. The van der Waals surface area contributed by atoms with E-state index in [2.05, 4.69) is 22.3 Å². The maximum atomic E-state index is 13.2. The van der Waals surface area contributed by atoms with Gasteiger partial charge in [0.05, 0.1) is 17.9 Å². The average Bonchev–Trinajstić information content (AvgIpc) is 3.40. The van der Waals surface area contributed by atoms with Crippen LogP contribution in [0.5, 0.6) is 0 Å². The number of aryl methyl sites for hydroxylation is 1. The molecule has 2 aromatic heterocycles. The number of nitrogens with zero attached hydrogens (tertiary/aromatic N) is 4. The zero-order chi connectivity index (χ0) is 23.2. The van der Waals surface area contributed by atoms with E-state index in [4.69, 9.17) is 4.74 Å². The van der Waals surface area contributed by atoms with E-state index in [1.54, 1.807) is 24.2 Å². The van der Waals surface area contributed by atoms with Crippen molar-refractivity contribution in [3.05, 3.63) is 65.5 Å². The van der Waals surface area contributed by atoms with E-state index in [1.165, 1.54) is 0 Å². The summed E-state index contributed by atoms with van der Waals surface area (Å²) >= 11 is 0. The fourth-order valence-electron chi connectivity index (χ4n) is 4.50. The van der Waals surface area contributed by atoms with E-state index < -0.39 is 6.04 Å². The number of hydrogen-bond acceptors (Lipinski definition) is 5. The molecule has 1 aromatic carbocycles. The second-order valence-electron chi connectivity index (χ2n) is 8.79. The van der Waals surface area contributed by atoms with Crippen LogP contribution in [0, 0.1) is 0 Å². The quantitative estimate of drug-likeness (QED) is 0.666. The van der Waals surface area contributed by atoms with Crippen LogP contribution in [0.15, 0.2) is 48.7 Å². The molecule has 0 saturated carbocycles. The minimum absolute atomic E-state index is 0.176. The molecule has 2 aliphatic rings. The summed E-state index contributed by atoms with van der Waals surface area (Å²) in [5.41, 5.74) is 3.73. The van der Waals surface area contributed by atoms with Crippen molar-refractivity contribution < 1.29 is 14.3 Å². The second kappa shape index (κ2) is 8.12. The van der Waals surface area contributed by atoms with Crippen molar-refractivity contribution in [1.29, 1.82) is 0 Å². The summed E-state index contributed by atoms with van der Waals surface area (Å²) in [5, 5.41) is 7.56. The van der Waals surface area contributed by atoms with Crippen LogP contribution in [0.1, 0.15) is 48.3 Å². The van der Waals surface area contributed by atoms with Crippen molar-refractivity contribution >= 4 is 17.6 Å². The topological polar surface area (TPSA) is 89.4 Å². The standard InChI is InChI=1S/C25H27N5O3/c1-4-25(2)18-14-26-21(12-17(18)15-33-25)23(31)27-19-10-11-30-22(29(3)24(19)32)13-20(28-30)16-8-6-5-7-9-16/h5-9,12-14,19H,4,10-11,15H2,1-3H3,(H,27,31)/t19?,25-/m0/s1. The van der Waals surface area contributed by atoms with Crippen molar-refractivity contribution in [2.24, 2.45) is 0 Å². The number of ether oxygens (including phenoxy) is 1. The van der Waals surface area contributed by atoms with Crippen molar-refractivity contribution in [1.82, 2.24) is 20.1 Å². The molecular weight excluding hydrogens is 418 g/mol. The third-order valence-electron chi connectivity index (χ3n) is 6.75. The van der Waals surface area contributed by atoms with Gasteiger partial charge in [0.2, 0.25) is 0 Å². The molecule has 4 heterocycles. The number of nitrogens with one attached hydrogen (secondary N) is 1. The number of hydrogen-bond donors (Lipinski definition) is 1. The van der Waals surface area contributed by atoms with E-state index in [1.807, 2.05) is 48.0 Å². The number of anilines is 1. The highest BCUT2D eigenvalue weighted by Crippen LogP contribution is 2.38. The number of amides is 2. The molecule has 33 heavy (non-hydrogen) atoms. The lowest BCUT2D eigenvalue weighted by Gasteiger charge is -2.22. The molecule has 2 amide bonds. The highest BCUT2D eigenvalue weighted by Gasteiger charge is 2.35. The normalized spacial score (nSPS) is 22.0. The van der Waals surface area contributed by atoms with E-state index in [0.717, 1.165) is 28.8 Å². The number of rotatable bonds is 4. The van der Waals surface area contributed by atoms with Crippen LogP contribution in [-0.2, 0) is 28.3 Å². The maximum Gasteiger partial charge on any atom is 0.270 e. The predicted octanol–water partition coefficient (Wildman–Crippen LogP) is 3.27. The first-order valence-corrected chi connectivity index (χ1v) is 11.2. The molecule has 3 aromatic rings. The van der Waals surface area contributed by atoms with Gasteiger partial charge in [0.1, 0.15) is 17.6 Å². The Labute approximate surface area is 192 Å². The molecule has 0 aliphatic carbocycles. The number of fused-ring (bicyclic) bond motifs is 2. The van der Waals surface area contributed by atoms with Gasteiger partial charge >= 0.3 is 0 Å². The number of carbonyl (C=O) groups is 2. The summed E-state index contributed by atoms with van der Waals surface area (Å²) in [5.74, 6) is 0.172. The Morgan fingerprint density at radius 3 is 2.82 bits per heavy atom. The Balaban J connectivity index is 1.33. The van der Waals surface area contributed by atoms with Crippen LogP contribution in [0.4, 0.5) is 5.82 Å². The number of carbonyl (C=O) groups excluding carboxylic acids is 2. The van der Waals surface area contributed by atoms with Gasteiger partial charge in [-0.3, -0.25) is 19.5 Å². The van der Waals surface area contributed by atoms with Gasteiger partial charge in [0, 0.05) is 37.0 Å². The van der Waals surface area contributed by atoms with Crippen molar-refractivity contribution in [3.63, 3.8) is 0 Å². The molecule has 5 rings (SSSR count). The number of aromatic nitrogens is 3. The van der Waals surface area contributed by atoms with Crippen LogP contribution >= 0.6 is 0 Å². The van der Waals surface area contributed by atoms with Gasteiger partial charge < -0.3 is 10.1 Å². The SMILES string of the molecule is CC[C@]1(C)OCc2cc(C(=O)NC3CCn4nc(-c5ccccc5)cc4N(C)C3=O)ncc21. The third-order valence-corrected chi connectivity index (χ3v) is 6.75. The Kier molecular flexibility index (Phi) is 5.25. The van der Waals surface area contributed by atoms with E-state index in [9.17, 15) is 9.59 Å². The Bertz CT molecular complexity index is 1220. The van der Waals surface area contributed by atoms with E-state index in [0.29, 0.717) is 31.1 Å². The van der Waals surface area contributed by atoms with Gasteiger partial charge in [0.25, 0.3) is 11.8 Å². The fourth-order valence-corrected chi connectivity index (χ4v) is 4.50. The molecule has 1 N–H and O–H groups in total. The largest absolute Gasteiger partial charge is 0.366 e. The molecule has 1 unspecified atom stereocenters. The van der Waals surface area contributed by atoms with Gasteiger partial charge in [-0.1, -0.05) is 37.3 Å². The first-order valence-electron chi connectivity index (χ1n) is 11.2. The summed E-state index contributed by atoms with van der Waals surface area (Å²) in [6, 6.07) is 12.9. The molecule has 0 bridgehead atoms. The Hall–Kier alpha value is -3.52. The number of likely N-dealkylation sites (N-methyl/N-ethyl adjacent to an activating group) is 1. The van der Waals surface area contributed by atoms with Crippen LogP contribution in [0.25, 0.3) is 11.3 Å². The number of benzene rings is 1. The maximum absolute atomic E-state index is 13.2. The third kappa shape index (κ3) is 3.70. The van der Waals surface area contributed by atoms with Crippen LogP contribution in [-0.4, -0.2) is 39.7 Å². The molecule has 2 atom stereocenters. The summed E-state index contributed by atoms with van der Waals surface area (Å²) < 4.78 is 7.74. The van der Waals surface area contributed by atoms with E-state index >= 15 is 0 Å². The minimum Gasteiger partial charge on any atom is -0.366 e. The molecule has 0 fully saturated rings. The molecule has 170 valence electrons. The van der Waals surface area contributed by atoms with E-state index in [-0.39, 0.29) is 17.4 Å². The Morgan fingerprint density at radius 1 is 1.27 bits per heavy atom. The Morgan fingerprint density at radius 2 is 2.06 bits per heavy atom. The van der Waals surface area contributed by atoms with Crippen LogP contribution in [0.3, 0.4) is 0 Å². The molecule has 0 radical (unpaired) electrons. The summed E-state index contributed by atoms with van der Waals surface area (Å²) in [6.45, 7) is 5.08. The molecule has 0 saturated heterocycles. The zero-order valence-electron chi connectivity index (χ0n) is 19.0. The minimum atomic E-state index is -0.656. The van der Waals surface area contributed by atoms with Gasteiger partial charge in [-0.05, 0) is 31.4 Å². The predicted molar refractivity (Wildman–Crippen MR) is 124 cm³/mol. The second-order valence-corrected chi connectivity index (χ2v) is 8.79. The van der Waals surface area contributed by atoms with Gasteiger partial charge in [0.15, 0.2) is 0 Å². The smallest absolute Gasteiger partial charge is 0.270 e. The van der Waals surface area contributed by atoms with Crippen molar-refractivity contribution in [3.8, 4) is 11.3 Å². The first-order chi connectivity index (χ1) is 15.9. The highest BCUT2D eigenvalue weighted by molar-refractivity contribution is 6.01. The van der Waals surface area contributed by atoms with Gasteiger partial charge in [-0.15, -0.1) is 0 Å². The number of pyridine rings is 1. The van der Waals surface area contributed by atoms with Crippen LogP contribution in [0.2, 0.25) is 0 Å². The lowest BCUT2D eigenvalue weighted by atomic mass is 9.93. The lowest BCUT2D eigenvalue weighted by molar-refractivity contribution is -0.120. The zero-order valence-corrected chi connectivity index (χ0v) is 19.0. The summed E-state index contributed by atoms with van der Waals surface area (Å²) in [7, 11) is 1.71. The highest BCUT2D eigenvalue weighted by atomic mass is 16.5. The molecular formula is C25H27N5O3. The molecule has 0 spiro atoms.